The maximum Gasteiger partial charge on any atom is 0.323 e. The number of aliphatic hydroxyl groups is 1. The average molecular weight is 625 g/mol. The summed E-state index contributed by atoms with van der Waals surface area (Å²) in [7, 11) is 2.79. The monoisotopic (exact) mass is 624 g/mol. The summed E-state index contributed by atoms with van der Waals surface area (Å²) in [6, 6.07) is 13.1. The van der Waals surface area contributed by atoms with Crippen LogP contribution in [0.1, 0.15) is 17.5 Å². The summed E-state index contributed by atoms with van der Waals surface area (Å²) in [5.41, 5.74) is 4.03. The second-order valence-corrected chi connectivity index (χ2v) is 11.2. The van der Waals surface area contributed by atoms with E-state index in [0.29, 0.717) is 57.3 Å². The van der Waals surface area contributed by atoms with Crippen molar-refractivity contribution in [2.24, 2.45) is 5.92 Å². The van der Waals surface area contributed by atoms with Crippen molar-refractivity contribution in [1.29, 1.82) is 0 Å². The van der Waals surface area contributed by atoms with Gasteiger partial charge < -0.3 is 30.5 Å². The van der Waals surface area contributed by atoms with Gasteiger partial charge in [-0.05, 0) is 48.2 Å². The largest absolute Gasteiger partial charge is 0.496 e. The smallest absolute Gasteiger partial charge is 0.323 e. The number of rotatable bonds is 8. The Morgan fingerprint density at radius 2 is 1.91 bits per heavy atom. The average Bonchev–Trinajstić information content (AvgIpc) is 3.01. The van der Waals surface area contributed by atoms with Gasteiger partial charge in [-0.2, -0.15) is 0 Å². The van der Waals surface area contributed by atoms with Crippen LogP contribution in [0.15, 0.2) is 48.5 Å². The minimum atomic E-state index is -1.06. The third kappa shape index (κ3) is 6.27. The fourth-order valence-electron chi connectivity index (χ4n) is 5.49. The zero-order valence-corrected chi connectivity index (χ0v) is 25.3. The Labute approximate surface area is 259 Å². The van der Waals surface area contributed by atoms with E-state index in [1.165, 1.54) is 20.2 Å². The van der Waals surface area contributed by atoms with E-state index in [0.717, 1.165) is 10.5 Å². The summed E-state index contributed by atoms with van der Waals surface area (Å²) < 4.78 is 26.3. The number of carbonyl (C=O) groups excluding carboxylic acids is 3. The van der Waals surface area contributed by atoms with Crippen LogP contribution >= 0.6 is 11.6 Å². The van der Waals surface area contributed by atoms with Gasteiger partial charge in [0.1, 0.15) is 17.5 Å². The molecule has 12 heteroatoms. The number of hydrogen-bond acceptors (Lipinski definition) is 7. The van der Waals surface area contributed by atoms with Gasteiger partial charge in [-0.3, -0.25) is 14.5 Å². The molecule has 0 saturated carbocycles. The number of anilines is 1. The quantitative estimate of drug-likeness (QED) is 0.278. The molecule has 0 bridgehead atoms. The number of aliphatic hydroxyl groups excluding tert-OH is 1. The number of halogens is 2. The number of benzene rings is 3. The highest BCUT2D eigenvalue weighted by Gasteiger charge is 2.36. The molecular weight excluding hydrogens is 591 g/mol. The molecule has 5 rings (SSSR count). The molecule has 2 aliphatic heterocycles. The zero-order chi connectivity index (χ0) is 31.5. The van der Waals surface area contributed by atoms with Crippen LogP contribution in [0.4, 0.5) is 14.9 Å². The van der Waals surface area contributed by atoms with E-state index in [9.17, 15) is 19.5 Å². The van der Waals surface area contributed by atoms with Crippen LogP contribution in [0, 0.1) is 18.7 Å². The Morgan fingerprint density at radius 3 is 2.66 bits per heavy atom. The number of nitrogens with one attached hydrogen (secondary N) is 3. The van der Waals surface area contributed by atoms with E-state index in [2.05, 4.69) is 16.0 Å². The normalized spacial score (nSPS) is 20.3. The lowest BCUT2D eigenvalue weighted by Crippen LogP contribution is -2.56. The van der Waals surface area contributed by atoms with Gasteiger partial charge in [0.05, 0.1) is 24.8 Å². The lowest BCUT2D eigenvalue weighted by Gasteiger charge is -2.29. The number of nitrogens with zero attached hydrogens (tertiary/aromatic N) is 1. The van der Waals surface area contributed by atoms with Crippen molar-refractivity contribution in [1.82, 2.24) is 15.5 Å². The topological polar surface area (TPSA) is 129 Å². The summed E-state index contributed by atoms with van der Waals surface area (Å²) in [4.78, 5) is 38.1. The molecule has 0 spiro atoms. The molecule has 2 heterocycles. The predicted octanol–water partition coefficient (Wildman–Crippen LogP) is 4.11. The molecule has 4 amide bonds. The molecule has 0 aliphatic carbocycles. The molecule has 0 radical (unpaired) electrons. The number of ether oxygens (including phenoxy) is 2. The van der Waals surface area contributed by atoms with E-state index in [-0.39, 0.29) is 25.7 Å². The van der Waals surface area contributed by atoms with Gasteiger partial charge in [0.25, 0.3) is 0 Å². The van der Waals surface area contributed by atoms with Crippen molar-refractivity contribution in [2.75, 3.05) is 39.2 Å². The standard InChI is InChI=1S/C32H34ClFN4O6/c1-17-19(6-5-9-25(17)37-30(40)23-15-36-32(42)38(2)31(23)41)21-8-4-7-20(29(21)33)18-12-24(34)22(28(13-18)43-3)14-35-26-10-11-44-16-27(26)39/h4-9,12-13,23,26-27,35,39H,10-11,14-16H2,1-3H3,(H,36,42)(H,37,40)/t23?,26-,27+/m0/s1. The van der Waals surface area contributed by atoms with Crippen LogP contribution in [0.2, 0.25) is 5.02 Å². The van der Waals surface area contributed by atoms with Crippen molar-refractivity contribution < 1.29 is 33.4 Å². The molecule has 3 aromatic carbocycles. The van der Waals surface area contributed by atoms with Crippen molar-refractivity contribution in [3.8, 4) is 28.0 Å². The lowest BCUT2D eigenvalue weighted by molar-refractivity contribution is -0.138. The maximum atomic E-state index is 15.5. The van der Waals surface area contributed by atoms with Crippen LogP contribution in [0.5, 0.6) is 5.75 Å². The minimum Gasteiger partial charge on any atom is -0.496 e. The molecule has 1 unspecified atom stereocenters. The van der Waals surface area contributed by atoms with Crippen LogP contribution in [-0.4, -0.2) is 73.9 Å². The van der Waals surface area contributed by atoms with E-state index in [1.54, 1.807) is 24.3 Å². The molecule has 232 valence electrons. The molecular formula is C32H34ClFN4O6. The Hall–Kier alpha value is -4.03. The van der Waals surface area contributed by atoms with Gasteiger partial charge in [0.15, 0.2) is 0 Å². The molecule has 10 nitrogen and oxygen atoms in total. The SMILES string of the molecule is COc1cc(-c2cccc(-c3cccc(NC(=O)C4CNC(=O)N(C)C4=O)c3C)c2Cl)cc(F)c1CN[C@H]1CCOC[C@H]1O. The van der Waals surface area contributed by atoms with Gasteiger partial charge in [-0.15, -0.1) is 0 Å². The lowest BCUT2D eigenvalue weighted by atomic mass is 9.94. The number of methoxy groups -OCH3 is 1. The Kier molecular flexibility index (Phi) is 9.50. The minimum absolute atomic E-state index is 0.0905. The summed E-state index contributed by atoms with van der Waals surface area (Å²) in [6.45, 7) is 2.65. The molecule has 3 aromatic rings. The maximum absolute atomic E-state index is 15.5. The van der Waals surface area contributed by atoms with Crippen LogP contribution in [0.25, 0.3) is 22.3 Å². The second kappa shape index (κ2) is 13.3. The Bertz CT molecular complexity index is 1600. The highest BCUT2D eigenvalue weighted by molar-refractivity contribution is 6.36. The van der Waals surface area contributed by atoms with Crippen LogP contribution in [0.3, 0.4) is 0 Å². The van der Waals surface area contributed by atoms with E-state index < -0.39 is 35.7 Å². The summed E-state index contributed by atoms with van der Waals surface area (Å²) in [5.74, 6) is -2.31. The van der Waals surface area contributed by atoms with Crippen LogP contribution < -0.4 is 20.7 Å². The molecule has 2 aliphatic rings. The third-order valence-corrected chi connectivity index (χ3v) is 8.55. The number of hydrogen-bond donors (Lipinski definition) is 4. The zero-order valence-electron chi connectivity index (χ0n) is 24.6. The highest BCUT2D eigenvalue weighted by Crippen LogP contribution is 2.41. The van der Waals surface area contributed by atoms with E-state index >= 15 is 4.39 Å². The fourth-order valence-corrected chi connectivity index (χ4v) is 5.83. The summed E-state index contributed by atoms with van der Waals surface area (Å²) in [5, 5.41) is 19.1. The first-order valence-electron chi connectivity index (χ1n) is 14.2. The van der Waals surface area contributed by atoms with Crippen molar-refractivity contribution in [2.45, 2.75) is 32.0 Å². The number of urea groups is 1. The molecule has 2 fully saturated rings. The number of carbonyl (C=O) groups is 3. The van der Waals surface area contributed by atoms with Gasteiger partial charge in [0, 0.05) is 55.2 Å². The van der Waals surface area contributed by atoms with Gasteiger partial charge in [-0.1, -0.05) is 41.9 Å². The van der Waals surface area contributed by atoms with Gasteiger partial charge >= 0.3 is 6.03 Å². The second-order valence-electron chi connectivity index (χ2n) is 10.8. The number of amides is 4. The van der Waals surface area contributed by atoms with Gasteiger partial charge in [-0.25, -0.2) is 9.18 Å². The first-order chi connectivity index (χ1) is 21.1. The highest BCUT2D eigenvalue weighted by atomic mass is 35.5. The van der Waals surface area contributed by atoms with E-state index in [4.69, 9.17) is 21.1 Å². The molecule has 4 N–H and O–H groups in total. The summed E-state index contributed by atoms with van der Waals surface area (Å²) >= 11 is 6.95. The van der Waals surface area contributed by atoms with Crippen molar-refractivity contribution in [3.05, 3.63) is 70.5 Å². The predicted molar refractivity (Wildman–Crippen MR) is 164 cm³/mol. The number of imide groups is 1. The third-order valence-electron chi connectivity index (χ3n) is 8.14. The van der Waals surface area contributed by atoms with E-state index in [1.807, 2.05) is 25.1 Å². The van der Waals surface area contributed by atoms with Crippen molar-refractivity contribution in [3.63, 3.8) is 0 Å². The fraction of sp³-hybridized carbons (Fsp3) is 0.344. The first-order valence-corrected chi connectivity index (χ1v) is 14.6. The Balaban J connectivity index is 1.41. The first kappa shape index (κ1) is 31.4. The molecule has 0 aromatic heterocycles. The summed E-state index contributed by atoms with van der Waals surface area (Å²) in [6.07, 6.45) is -0.0579. The Morgan fingerprint density at radius 1 is 1.18 bits per heavy atom. The van der Waals surface area contributed by atoms with Gasteiger partial charge in [0.2, 0.25) is 11.8 Å². The molecule has 2 saturated heterocycles. The van der Waals surface area contributed by atoms with Crippen molar-refractivity contribution >= 4 is 35.1 Å². The molecule has 3 atom stereocenters. The van der Waals surface area contributed by atoms with Crippen LogP contribution in [-0.2, 0) is 20.9 Å². The molecule has 44 heavy (non-hydrogen) atoms.